The van der Waals surface area contributed by atoms with Crippen molar-refractivity contribution >= 4 is 17.3 Å². The zero-order chi connectivity index (χ0) is 10.1. The SMILES string of the molecule is CC1CCC(c2ncc(C(=O)O)s2)O1. The van der Waals surface area contributed by atoms with Gasteiger partial charge in [-0.1, -0.05) is 0 Å². The Hall–Kier alpha value is -0.940. The smallest absolute Gasteiger partial charge is 0.347 e. The van der Waals surface area contributed by atoms with Gasteiger partial charge in [0, 0.05) is 0 Å². The molecule has 0 radical (unpaired) electrons. The van der Waals surface area contributed by atoms with Crippen LogP contribution >= 0.6 is 11.3 Å². The quantitative estimate of drug-likeness (QED) is 0.817. The fourth-order valence-electron chi connectivity index (χ4n) is 1.52. The molecule has 1 aromatic rings. The first-order valence-electron chi connectivity index (χ1n) is 4.51. The number of aromatic carboxylic acids is 1. The molecule has 1 fully saturated rings. The monoisotopic (exact) mass is 213 g/mol. The normalized spacial score (nSPS) is 26.6. The molecule has 2 atom stereocenters. The molecule has 5 heteroatoms. The Morgan fingerprint density at radius 1 is 1.71 bits per heavy atom. The van der Waals surface area contributed by atoms with Crippen LogP contribution < -0.4 is 0 Å². The molecule has 76 valence electrons. The second-order valence-corrected chi connectivity index (χ2v) is 4.44. The highest BCUT2D eigenvalue weighted by atomic mass is 32.1. The summed E-state index contributed by atoms with van der Waals surface area (Å²) in [6, 6.07) is 0. The molecule has 0 amide bonds. The van der Waals surface area contributed by atoms with Crippen molar-refractivity contribution in [1.29, 1.82) is 0 Å². The Bertz CT molecular complexity index is 350. The molecule has 14 heavy (non-hydrogen) atoms. The van der Waals surface area contributed by atoms with E-state index in [1.807, 2.05) is 6.92 Å². The number of carboxylic acids is 1. The van der Waals surface area contributed by atoms with Gasteiger partial charge in [-0.25, -0.2) is 9.78 Å². The summed E-state index contributed by atoms with van der Waals surface area (Å²) in [4.78, 5) is 15.0. The summed E-state index contributed by atoms with van der Waals surface area (Å²) in [5, 5.41) is 9.51. The van der Waals surface area contributed by atoms with Crippen molar-refractivity contribution in [3.63, 3.8) is 0 Å². The Morgan fingerprint density at radius 3 is 3.00 bits per heavy atom. The average Bonchev–Trinajstić information content (AvgIpc) is 2.70. The van der Waals surface area contributed by atoms with Gasteiger partial charge in [0.2, 0.25) is 0 Å². The van der Waals surface area contributed by atoms with Crippen LogP contribution in [-0.2, 0) is 4.74 Å². The Labute approximate surface area is 85.5 Å². The first kappa shape index (κ1) is 9.61. The van der Waals surface area contributed by atoms with E-state index in [-0.39, 0.29) is 17.1 Å². The third kappa shape index (κ3) is 1.78. The predicted molar refractivity (Wildman–Crippen MR) is 51.6 cm³/mol. The van der Waals surface area contributed by atoms with Crippen LogP contribution in [0.1, 0.15) is 40.5 Å². The highest BCUT2D eigenvalue weighted by Crippen LogP contribution is 2.34. The maximum absolute atomic E-state index is 10.6. The van der Waals surface area contributed by atoms with Gasteiger partial charge in [0.05, 0.1) is 12.3 Å². The van der Waals surface area contributed by atoms with E-state index in [2.05, 4.69) is 4.98 Å². The fourth-order valence-corrected chi connectivity index (χ4v) is 2.35. The minimum atomic E-state index is -0.917. The number of hydrogen-bond acceptors (Lipinski definition) is 4. The lowest BCUT2D eigenvalue weighted by Gasteiger charge is -2.06. The molecule has 0 aromatic carbocycles. The van der Waals surface area contributed by atoms with Crippen molar-refractivity contribution < 1.29 is 14.6 Å². The first-order chi connectivity index (χ1) is 6.66. The number of hydrogen-bond donors (Lipinski definition) is 1. The van der Waals surface area contributed by atoms with E-state index in [4.69, 9.17) is 9.84 Å². The summed E-state index contributed by atoms with van der Waals surface area (Å²) in [6.07, 6.45) is 3.62. The van der Waals surface area contributed by atoms with Crippen molar-refractivity contribution in [3.05, 3.63) is 16.1 Å². The van der Waals surface area contributed by atoms with Crippen LogP contribution in [0.4, 0.5) is 0 Å². The zero-order valence-electron chi connectivity index (χ0n) is 7.77. The number of ether oxygens (including phenoxy) is 1. The highest BCUT2D eigenvalue weighted by molar-refractivity contribution is 7.13. The Morgan fingerprint density at radius 2 is 2.50 bits per heavy atom. The van der Waals surface area contributed by atoms with E-state index < -0.39 is 5.97 Å². The fraction of sp³-hybridized carbons (Fsp3) is 0.556. The first-order valence-corrected chi connectivity index (χ1v) is 5.33. The standard InChI is InChI=1S/C9H11NO3S/c1-5-2-3-6(13-5)8-10-4-7(14-8)9(11)12/h4-6H,2-3H2,1H3,(H,11,12). The lowest BCUT2D eigenvalue weighted by atomic mass is 10.2. The van der Waals surface area contributed by atoms with E-state index in [0.29, 0.717) is 0 Å². The minimum absolute atomic E-state index is 0.00287. The topological polar surface area (TPSA) is 59.4 Å². The molecule has 0 spiro atoms. The highest BCUT2D eigenvalue weighted by Gasteiger charge is 2.26. The summed E-state index contributed by atoms with van der Waals surface area (Å²) in [5.41, 5.74) is 0. The van der Waals surface area contributed by atoms with Gasteiger partial charge in [-0.05, 0) is 19.8 Å². The number of nitrogens with zero attached hydrogens (tertiary/aromatic N) is 1. The van der Waals surface area contributed by atoms with Crippen LogP contribution in [0.2, 0.25) is 0 Å². The van der Waals surface area contributed by atoms with Gasteiger partial charge >= 0.3 is 5.97 Å². The van der Waals surface area contributed by atoms with Crippen LogP contribution in [0.25, 0.3) is 0 Å². The van der Waals surface area contributed by atoms with Gasteiger partial charge in [0.1, 0.15) is 16.0 Å². The molecule has 1 saturated heterocycles. The lowest BCUT2D eigenvalue weighted by molar-refractivity contribution is 0.0554. The van der Waals surface area contributed by atoms with Gasteiger partial charge in [-0.15, -0.1) is 11.3 Å². The Kier molecular flexibility index (Phi) is 2.52. The largest absolute Gasteiger partial charge is 0.477 e. The molecular weight excluding hydrogens is 202 g/mol. The van der Waals surface area contributed by atoms with Crippen molar-refractivity contribution in [2.75, 3.05) is 0 Å². The molecular formula is C9H11NO3S. The van der Waals surface area contributed by atoms with Crippen LogP contribution in [0.15, 0.2) is 6.20 Å². The van der Waals surface area contributed by atoms with Gasteiger partial charge in [0.25, 0.3) is 0 Å². The average molecular weight is 213 g/mol. The van der Waals surface area contributed by atoms with Gasteiger partial charge in [0.15, 0.2) is 0 Å². The molecule has 1 aliphatic heterocycles. The summed E-state index contributed by atoms with van der Waals surface area (Å²) < 4.78 is 5.60. The molecule has 4 nitrogen and oxygen atoms in total. The summed E-state index contributed by atoms with van der Waals surface area (Å²) in [5.74, 6) is -0.917. The van der Waals surface area contributed by atoms with E-state index in [1.54, 1.807) is 0 Å². The molecule has 0 bridgehead atoms. The van der Waals surface area contributed by atoms with Gasteiger partial charge in [-0.3, -0.25) is 0 Å². The number of rotatable bonds is 2. The van der Waals surface area contributed by atoms with Crippen LogP contribution in [0.3, 0.4) is 0 Å². The maximum Gasteiger partial charge on any atom is 0.347 e. The van der Waals surface area contributed by atoms with Crippen LogP contribution in [0, 0.1) is 0 Å². The van der Waals surface area contributed by atoms with E-state index >= 15 is 0 Å². The summed E-state index contributed by atoms with van der Waals surface area (Å²) in [7, 11) is 0. The summed E-state index contributed by atoms with van der Waals surface area (Å²) >= 11 is 1.20. The molecule has 0 aliphatic carbocycles. The van der Waals surface area contributed by atoms with Crippen LogP contribution in [-0.4, -0.2) is 22.2 Å². The third-order valence-electron chi connectivity index (χ3n) is 2.24. The number of aromatic nitrogens is 1. The zero-order valence-corrected chi connectivity index (χ0v) is 8.58. The van der Waals surface area contributed by atoms with Gasteiger partial charge < -0.3 is 9.84 Å². The third-order valence-corrected chi connectivity index (χ3v) is 3.32. The molecule has 1 aromatic heterocycles. The van der Waals surface area contributed by atoms with Crippen molar-refractivity contribution in [2.24, 2.45) is 0 Å². The van der Waals surface area contributed by atoms with Gasteiger partial charge in [-0.2, -0.15) is 0 Å². The predicted octanol–water partition coefficient (Wildman–Crippen LogP) is 2.08. The van der Waals surface area contributed by atoms with E-state index in [1.165, 1.54) is 17.5 Å². The van der Waals surface area contributed by atoms with Crippen molar-refractivity contribution in [2.45, 2.75) is 32.0 Å². The molecule has 2 heterocycles. The molecule has 1 N–H and O–H groups in total. The Balaban J connectivity index is 2.13. The van der Waals surface area contributed by atoms with Crippen molar-refractivity contribution in [1.82, 2.24) is 4.98 Å². The minimum Gasteiger partial charge on any atom is -0.477 e. The molecule has 2 unspecified atom stereocenters. The number of thiazole rings is 1. The van der Waals surface area contributed by atoms with Crippen molar-refractivity contribution in [3.8, 4) is 0 Å². The second-order valence-electron chi connectivity index (χ2n) is 3.38. The summed E-state index contributed by atoms with van der Waals surface area (Å²) in [6.45, 7) is 2.02. The molecule has 0 saturated carbocycles. The van der Waals surface area contributed by atoms with Crippen LogP contribution in [0.5, 0.6) is 0 Å². The van der Waals surface area contributed by atoms with E-state index in [0.717, 1.165) is 17.8 Å². The number of carboxylic acid groups (broad SMARTS) is 1. The number of carbonyl (C=O) groups is 1. The van der Waals surface area contributed by atoms with E-state index in [9.17, 15) is 4.79 Å². The lowest BCUT2D eigenvalue weighted by Crippen LogP contribution is -2.00. The molecule has 2 rings (SSSR count). The molecule has 1 aliphatic rings. The second kappa shape index (κ2) is 3.67. The maximum atomic E-state index is 10.6.